The zero-order chi connectivity index (χ0) is 12.0. The number of sulfonamides is 1. The van der Waals surface area contributed by atoms with Gasteiger partial charge in [0.05, 0.1) is 11.9 Å². The van der Waals surface area contributed by atoms with Crippen molar-refractivity contribution in [2.75, 3.05) is 12.3 Å². The van der Waals surface area contributed by atoms with Crippen LogP contribution < -0.4 is 4.72 Å². The Morgan fingerprint density at radius 3 is 2.50 bits per heavy atom. The summed E-state index contributed by atoms with van der Waals surface area (Å²) in [6.45, 7) is 1.61. The number of benzene rings is 1. The number of hydrogen-bond acceptors (Lipinski definition) is 3. The number of nitrogens with one attached hydrogen (secondary N) is 1. The van der Waals surface area contributed by atoms with Crippen molar-refractivity contribution in [3.63, 3.8) is 0 Å². The highest BCUT2D eigenvalue weighted by Crippen LogP contribution is 2.01. The van der Waals surface area contributed by atoms with E-state index >= 15 is 0 Å². The van der Waals surface area contributed by atoms with E-state index in [1.807, 2.05) is 30.3 Å². The minimum Gasteiger partial charge on any atom is -0.392 e. The van der Waals surface area contributed by atoms with E-state index in [1.54, 1.807) is 6.92 Å². The molecule has 0 amide bonds. The van der Waals surface area contributed by atoms with Crippen LogP contribution in [0.15, 0.2) is 30.3 Å². The van der Waals surface area contributed by atoms with Crippen molar-refractivity contribution in [1.29, 1.82) is 0 Å². The van der Waals surface area contributed by atoms with E-state index in [0.29, 0.717) is 6.42 Å². The Kier molecular flexibility index (Phi) is 4.92. The van der Waals surface area contributed by atoms with Crippen molar-refractivity contribution in [3.05, 3.63) is 35.9 Å². The summed E-state index contributed by atoms with van der Waals surface area (Å²) in [4.78, 5) is 0. The Morgan fingerprint density at radius 2 is 1.94 bits per heavy atom. The third kappa shape index (κ3) is 5.25. The molecule has 0 aliphatic heterocycles. The van der Waals surface area contributed by atoms with E-state index < -0.39 is 16.1 Å². The number of aliphatic hydroxyl groups excluding tert-OH is 1. The molecule has 0 aliphatic carbocycles. The van der Waals surface area contributed by atoms with Crippen LogP contribution in [-0.4, -0.2) is 31.9 Å². The van der Waals surface area contributed by atoms with Gasteiger partial charge in [-0.25, -0.2) is 13.1 Å². The fraction of sp³-hybridized carbons (Fsp3) is 0.455. The molecular weight excluding hydrogens is 226 g/mol. The third-order valence-electron chi connectivity index (χ3n) is 2.10. The summed E-state index contributed by atoms with van der Waals surface area (Å²) in [5.41, 5.74) is 0.991. The molecule has 1 rings (SSSR count). The lowest BCUT2D eigenvalue weighted by molar-refractivity contribution is 0.198. The highest BCUT2D eigenvalue weighted by atomic mass is 32.2. The van der Waals surface area contributed by atoms with Gasteiger partial charge in [-0.1, -0.05) is 30.3 Å². The molecule has 0 unspecified atom stereocenters. The van der Waals surface area contributed by atoms with Crippen molar-refractivity contribution in [2.45, 2.75) is 19.4 Å². The maximum atomic E-state index is 11.5. The van der Waals surface area contributed by atoms with Gasteiger partial charge in [-0.05, 0) is 18.9 Å². The molecule has 5 heteroatoms. The summed E-state index contributed by atoms with van der Waals surface area (Å²) >= 11 is 0. The van der Waals surface area contributed by atoms with Gasteiger partial charge < -0.3 is 5.11 Å². The third-order valence-corrected chi connectivity index (χ3v) is 3.45. The van der Waals surface area contributed by atoms with Crippen LogP contribution in [0, 0.1) is 0 Å². The van der Waals surface area contributed by atoms with Crippen LogP contribution >= 0.6 is 0 Å². The number of aliphatic hydroxyl groups is 1. The summed E-state index contributed by atoms with van der Waals surface area (Å²) in [6, 6.07) is 9.44. The molecule has 1 aromatic carbocycles. The van der Waals surface area contributed by atoms with Crippen LogP contribution in [0.1, 0.15) is 12.5 Å². The van der Waals surface area contributed by atoms with Crippen LogP contribution in [0.25, 0.3) is 0 Å². The fourth-order valence-corrected chi connectivity index (χ4v) is 2.36. The molecule has 1 aromatic rings. The van der Waals surface area contributed by atoms with Crippen LogP contribution in [0.5, 0.6) is 0 Å². The molecule has 0 saturated heterocycles. The molecule has 90 valence electrons. The molecule has 16 heavy (non-hydrogen) atoms. The predicted octanol–water partition coefficient (Wildman–Crippen LogP) is 0.529. The van der Waals surface area contributed by atoms with Gasteiger partial charge in [-0.3, -0.25) is 0 Å². The summed E-state index contributed by atoms with van der Waals surface area (Å²) in [5, 5.41) is 8.97. The quantitative estimate of drug-likeness (QED) is 0.766. The predicted molar refractivity (Wildman–Crippen MR) is 63.6 cm³/mol. The molecule has 0 saturated carbocycles. The first-order valence-electron chi connectivity index (χ1n) is 5.19. The first-order chi connectivity index (χ1) is 7.49. The number of rotatable bonds is 6. The van der Waals surface area contributed by atoms with Gasteiger partial charge in [0.15, 0.2) is 0 Å². The van der Waals surface area contributed by atoms with E-state index in [0.717, 1.165) is 5.56 Å². The van der Waals surface area contributed by atoms with Crippen molar-refractivity contribution < 1.29 is 13.5 Å². The molecule has 0 aromatic heterocycles. The Hall–Kier alpha value is -0.910. The van der Waals surface area contributed by atoms with E-state index in [-0.39, 0.29) is 12.3 Å². The lowest BCUT2D eigenvalue weighted by atomic mass is 10.2. The average Bonchev–Trinajstić information content (AvgIpc) is 2.26. The van der Waals surface area contributed by atoms with Crippen LogP contribution in [-0.2, 0) is 16.4 Å². The lowest BCUT2D eigenvalue weighted by Crippen LogP contribution is -2.33. The van der Waals surface area contributed by atoms with Gasteiger partial charge in [0.25, 0.3) is 0 Å². The average molecular weight is 243 g/mol. The highest BCUT2D eigenvalue weighted by molar-refractivity contribution is 7.89. The van der Waals surface area contributed by atoms with Gasteiger partial charge in [0.2, 0.25) is 10.0 Å². The molecule has 0 heterocycles. The lowest BCUT2D eigenvalue weighted by Gasteiger charge is -2.08. The van der Waals surface area contributed by atoms with Crippen molar-refractivity contribution in [2.24, 2.45) is 0 Å². The molecule has 0 fully saturated rings. The summed E-state index contributed by atoms with van der Waals surface area (Å²) in [6.07, 6.45) is -0.179. The molecule has 0 spiro atoms. The second-order valence-corrected chi connectivity index (χ2v) is 5.68. The van der Waals surface area contributed by atoms with Crippen LogP contribution in [0.2, 0.25) is 0 Å². The number of aryl methyl sites for hydroxylation is 1. The van der Waals surface area contributed by atoms with E-state index in [9.17, 15) is 8.42 Å². The van der Waals surface area contributed by atoms with Gasteiger partial charge in [0.1, 0.15) is 0 Å². The Balaban J connectivity index is 2.42. The first kappa shape index (κ1) is 13.2. The summed E-state index contributed by atoms with van der Waals surface area (Å²) in [5.74, 6) is 0.0454. The second kappa shape index (κ2) is 5.98. The van der Waals surface area contributed by atoms with Crippen LogP contribution in [0.3, 0.4) is 0 Å². The SMILES string of the molecule is C[C@@H](O)CNS(=O)(=O)CCc1ccccc1. The fourth-order valence-electron chi connectivity index (χ4n) is 1.22. The molecule has 2 N–H and O–H groups in total. The zero-order valence-electron chi connectivity index (χ0n) is 9.26. The minimum absolute atomic E-state index is 0.0454. The molecule has 0 bridgehead atoms. The molecule has 0 aliphatic rings. The molecule has 1 atom stereocenters. The topological polar surface area (TPSA) is 66.4 Å². The first-order valence-corrected chi connectivity index (χ1v) is 6.84. The van der Waals surface area contributed by atoms with E-state index in [2.05, 4.69) is 4.72 Å². The van der Waals surface area contributed by atoms with Crippen molar-refractivity contribution >= 4 is 10.0 Å². The minimum atomic E-state index is -3.28. The second-order valence-electron chi connectivity index (χ2n) is 3.75. The standard InChI is InChI=1S/C11H17NO3S/c1-10(13)9-12-16(14,15)8-7-11-5-3-2-4-6-11/h2-6,10,12-13H,7-9H2,1H3/t10-/m1/s1. The molecule has 0 radical (unpaired) electrons. The Bertz CT molecular complexity index is 400. The summed E-state index contributed by atoms with van der Waals surface area (Å²) < 4.78 is 25.3. The maximum Gasteiger partial charge on any atom is 0.212 e. The van der Waals surface area contributed by atoms with Gasteiger partial charge >= 0.3 is 0 Å². The highest BCUT2D eigenvalue weighted by Gasteiger charge is 2.10. The van der Waals surface area contributed by atoms with E-state index in [4.69, 9.17) is 5.11 Å². The molecular formula is C11H17NO3S. The maximum absolute atomic E-state index is 11.5. The van der Waals surface area contributed by atoms with Gasteiger partial charge in [-0.15, -0.1) is 0 Å². The summed E-state index contributed by atoms with van der Waals surface area (Å²) in [7, 11) is -3.28. The van der Waals surface area contributed by atoms with Gasteiger partial charge in [0, 0.05) is 6.54 Å². The Morgan fingerprint density at radius 1 is 1.31 bits per heavy atom. The van der Waals surface area contributed by atoms with Crippen molar-refractivity contribution in [1.82, 2.24) is 4.72 Å². The van der Waals surface area contributed by atoms with E-state index in [1.165, 1.54) is 0 Å². The van der Waals surface area contributed by atoms with Crippen molar-refractivity contribution in [3.8, 4) is 0 Å². The smallest absolute Gasteiger partial charge is 0.212 e. The largest absolute Gasteiger partial charge is 0.392 e. The van der Waals surface area contributed by atoms with Crippen LogP contribution in [0.4, 0.5) is 0 Å². The number of hydrogen-bond donors (Lipinski definition) is 2. The molecule has 4 nitrogen and oxygen atoms in total. The monoisotopic (exact) mass is 243 g/mol. The Labute approximate surface area is 96.4 Å². The normalized spacial score (nSPS) is 13.6. The van der Waals surface area contributed by atoms with Gasteiger partial charge in [-0.2, -0.15) is 0 Å². The zero-order valence-corrected chi connectivity index (χ0v) is 10.1.